The van der Waals surface area contributed by atoms with Crippen LogP contribution in [0.1, 0.15) is 37.8 Å². The fourth-order valence-electron chi connectivity index (χ4n) is 4.70. The van der Waals surface area contributed by atoms with Crippen molar-refractivity contribution in [2.24, 2.45) is 5.92 Å². The normalized spacial score (nSPS) is 20.3. The Labute approximate surface area is 205 Å². The second-order valence-corrected chi connectivity index (χ2v) is 11.4. The number of hydrogen-bond acceptors (Lipinski definition) is 7. The number of rotatable bonds is 7. The maximum atomic E-state index is 11.5. The molecule has 2 aromatic heterocycles. The number of allylic oxidation sites excluding steroid dienone is 2. The van der Waals surface area contributed by atoms with Crippen LogP contribution in [0.2, 0.25) is 0 Å². The molecule has 5 rings (SSSR count). The van der Waals surface area contributed by atoms with Gasteiger partial charge in [-0.15, -0.1) is 0 Å². The Morgan fingerprint density at radius 2 is 1.91 bits per heavy atom. The second-order valence-electron chi connectivity index (χ2n) is 9.05. The topological polar surface area (TPSA) is 107 Å². The Morgan fingerprint density at radius 1 is 1.11 bits per heavy atom. The summed E-state index contributed by atoms with van der Waals surface area (Å²) in [6, 6.07) is 10.2. The first-order valence-corrected chi connectivity index (χ1v) is 13.8. The van der Waals surface area contributed by atoms with Crippen molar-refractivity contribution in [3.63, 3.8) is 0 Å². The molecule has 1 unspecified atom stereocenters. The summed E-state index contributed by atoms with van der Waals surface area (Å²) in [5.41, 5.74) is 5.07. The molecular weight excluding hydrogens is 464 g/mol. The van der Waals surface area contributed by atoms with E-state index in [-0.39, 0.29) is 23.5 Å². The fourth-order valence-corrected chi connectivity index (χ4v) is 6.14. The van der Waals surface area contributed by atoms with Crippen LogP contribution in [-0.2, 0) is 14.6 Å². The molecule has 9 heteroatoms. The van der Waals surface area contributed by atoms with E-state index < -0.39 is 9.84 Å². The van der Waals surface area contributed by atoms with Crippen LogP contribution in [0.3, 0.4) is 0 Å². The largest absolute Gasteiger partial charge is 0.491 e. The standard InChI is InChI=1S/C26H28N4O4S/c27-17-19-1-3-21(4-2-19)25-26-24(18-29-30(26)12-11-28-25)20-5-7-22(8-6-20)33-13-14-34-23-9-15-35(31,32)16-10-23/h3,5-8,11-12,18-19,23H,1-2,4,9-10,13-16H2. The average molecular weight is 493 g/mol. The summed E-state index contributed by atoms with van der Waals surface area (Å²) in [4.78, 5) is 4.67. The van der Waals surface area contributed by atoms with Crippen LogP contribution in [0.5, 0.6) is 5.75 Å². The van der Waals surface area contributed by atoms with Gasteiger partial charge in [-0.05, 0) is 55.4 Å². The predicted octanol–water partition coefficient (Wildman–Crippen LogP) is 4.08. The molecule has 0 bridgehead atoms. The van der Waals surface area contributed by atoms with Crippen molar-refractivity contribution >= 4 is 20.9 Å². The highest BCUT2D eigenvalue weighted by molar-refractivity contribution is 7.91. The first-order chi connectivity index (χ1) is 17.0. The number of fused-ring (bicyclic) bond motifs is 1. The zero-order valence-corrected chi connectivity index (χ0v) is 20.3. The molecule has 1 atom stereocenters. The summed E-state index contributed by atoms with van der Waals surface area (Å²) in [6.45, 7) is 0.836. The first kappa shape index (κ1) is 23.5. The number of aromatic nitrogens is 3. The highest BCUT2D eigenvalue weighted by atomic mass is 32.2. The molecule has 1 aliphatic carbocycles. The molecule has 1 aliphatic heterocycles. The SMILES string of the molecule is N#CC1CC=C(c2nccn3ncc(-c4ccc(OCCOC5CCS(=O)(=O)CC5)cc4)c23)CC1. The van der Waals surface area contributed by atoms with E-state index in [0.717, 1.165) is 47.3 Å². The molecule has 2 aliphatic rings. The third-order valence-electron chi connectivity index (χ3n) is 6.70. The van der Waals surface area contributed by atoms with Crippen LogP contribution in [0.25, 0.3) is 22.2 Å². The second kappa shape index (κ2) is 10.2. The van der Waals surface area contributed by atoms with Crippen molar-refractivity contribution in [1.29, 1.82) is 5.26 Å². The van der Waals surface area contributed by atoms with Gasteiger partial charge in [0.05, 0.1) is 53.6 Å². The van der Waals surface area contributed by atoms with Crippen LogP contribution in [0.4, 0.5) is 0 Å². The van der Waals surface area contributed by atoms with E-state index in [9.17, 15) is 13.7 Å². The quantitative estimate of drug-likeness (QED) is 0.458. The Kier molecular flexibility index (Phi) is 6.84. The fraction of sp³-hybridized carbons (Fsp3) is 0.423. The van der Waals surface area contributed by atoms with Crippen LogP contribution >= 0.6 is 0 Å². The van der Waals surface area contributed by atoms with Crippen molar-refractivity contribution in [2.45, 2.75) is 38.2 Å². The number of sulfone groups is 1. The average Bonchev–Trinajstić information content (AvgIpc) is 3.32. The van der Waals surface area contributed by atoms with E-state index in [4.69, 9.17) is 9.47 Å². The van der Waals surface area contributed by atoms with E-state index >= 15 is 0 Å². The predicted molar refractivity (Wildman–Crippen MR) is 132 cm³/mol. The minimum atomic E-state index is -2.87. The van der Waals surface area contributed by atoms with Crippen molar-refractivity contribution in [3.05, 3.63) is 54.6 Å². The molecule has 1 saturated heterocycles. The van der Waals surface area contributed by atoms with Crippen molar-refractivity contribution in [2.75, 3.05) is 24.7 Å². The molecule has 0 radical (unpaired) electrons. The van der Waals surface area contributed by atoms with E-state index in [1.54, 1.807) is 6.20 Å². The smallest absolute Gasteiger partial charge is 0.150 e. The maximum Gasteiger partial charge on any atom is 0.150 e. The minimum absolute atomic E-state index is 0.00649. The van der Waals surface area contributed by atoms with Gasteiger partial charge in [-0.3, -0.25) is 4.98 Å². The zero-order chi connectivity index (χ0) is 24.3. The van der Waals surface area contributed by atoms with Gasteiger partial charge in [0.2, 0.25) is 0 Å². The van der Waals surface area contributed by atoms with E-state index in [1.165, 1.54) is 5.57 Å². The highest BCUT2D eigenvalue weighted by Crippen LogP contribution is 2.35. The van der Waals surface area contributed by atoms with Gasteiger partial charge in [0.15, 0.2) is 9.84 Å². The summed E-state index contributed by atoms with van der Waals surface area (Å²) < 4.78 is 36.5. The molecular formula is C26H28N4O4S. The molecule has 8 nitrogen and oxygen atoms in total. The lowest BCUT2D eigenvalue weighted by atomic mass is 9.88. The highest BCUT2D eigenvalue weighted by Gasteiger charge is 2.24. The number of nitrogens with zero attached hydrogens (tertiary/aromatic N) is 4. The van der Waals surface area contributed by atoms with Gasteiger partial charge in [-0.1, -0.05) is 18.2 Å². The van der Waals surface area contributed by atoms with Crippen molar-refractivity contribution < 1.29 is 17.9 Å². The van der Waals surface area contributed by atoms with Gasteiger partial charge in [-0.2, -0.15) is 10.4 Å². The number of ether oxygens (including phenoxy) is 2. The third kappa shape index (κ3) is 5.39. The Morgan fingerprint density at radius 3 is 2.63 bits per heavy atom. The molecule has 182 valence electrons. The lowest BCUT2D eigenvalue weighted by Crippen LogP contribution is -2.29. The third-order valence-corrected chi connectivity index (χ3v) is 8.42. The van der Waals surface area contributed by atoms with E-state index in [1.807, 2.05) is 41.2 Å². The van der Waals surface area contributed by atoms with Gasteiger partial charge in [0, 0.05) is 18.0 Å². The molecule has 1 aromatic carbocycles. The maximum absolute atomic E-state index is 11.5. The Balaban J connectivity index is 1.24. The van der Waals surface area contributed by atoms with Crippen LogP contribution < -0.4 is 4.74 Å². The lowest BCUT2D eigenvalue weighted by molar-refractivity contribution is 0.0285. The molecule has 3 heterocycles. The molecule has 0 amide bonds. The molecule has 0 saturated carbocycles. The van der Waals surface area contributed by atoms with Gasteiger partial charge in [0.1, 0.15) is 12.4 Å². The number of hydrogen-bond donors (Lipinski definition) is 0. The van der Waals surface area contributed by atoms with Crippen molar-refractivity contribution in [3.8, 4) is 22.9 Å². The summed E-state index contributed by atoms with van der Waals surface area (Å²) in [7, 11) is -2.87. The van der Waals surface area contributed by atoms with Crippen LogP contribution in [0, 0.1) is 17.2 Å². The number of nitriles is 1. The van der Waals surface area contributed by atoms with Gasteiger partial charge in [-0.25, -0.2) is 12.9 Å². The lowest BCUT2D eigenvalue weighted by Gasteiger charge is -2.22. The number of benzene rings is 1. The molecule has 35 heavy (non-hydrogen) atoms. The van der Waals surface area contributed by atoms with Gasteiger partial charge >= 0.3 is 0 Å². The van der Waals surface area contributed by atoms with Crippen LogP contribution in [0.15, 0.2) is 48.9 Å². The van der Waals surface area contributed by atoms with E-state index in [2.05, 4.69) is 22.2 Å². The van der Waals surface area contributed by atoms with Crippen LogP contribution in [-0.4, -0.2) is 53.8 Å². The van der Waals surface area contributed by atoms with Crippen molar-refractivity contribution in [1.82, 2.24) is 14.6 Å². The summed E-state index contributed by atoms with van der Waals surface area (Å²) >= 11 is 0. The van der Waals surface area contributed by atoms with Gasteiger partial charge in [0.25, 0.3) is 0 Å². The monoisotopic (exact) mass is 492 g/mol. The van der Waals surface area contributed by atoms with Gasteiger partial charge < -0.3 is 9.47 Å². The Hall–Kier alpha value is -3.22. The first-order valence-electron chi connectivity index (χ1n) is 12.0. The minimum Gasteiger partial charge on any atom is -0.491 e. The molecule has 1 fully saturated rings. The molecule has 0 spiro atoms. The Bertz CT molecular complexity index is 1360. The van der Waals surface area contributed by atoms with E-state index in [0.29, 0.717) is 26.1 Å². The molecule has 0 N–H and O–H groups in total. The molecule has 3 aromatic rings. The summed E-state index contributed by atoms with van der Waals surface area (Å²) in [5, 5.41) is 13.7. The summed E-state index contributed by atoms with van der Waals surface area (Å²) in [5.74, 6) is 1.24. The zero-order valence-electron chi connectivity index (χ0n) is 19.5. The summed E-state index contributed by atoms with van der Waals surface area (Å²) in [6.07, 6.45) is 11.2.